The number of hydrogen-bond donors (Lipinski definition) is 2. The van der Waals surface area contributed by atoms with E-state index in [9.17, 15) is 9.90 Å². The Bertz CT molecular complexity index is 1050. The molecule has 7 nitrogen and oxygen atoms in total. The van der Waals surface area contributed by atoms with E-state index in [1.165, 1.54) is 5.56 Å². The van der Waals surface area contributed by atoms with Crippen LogP contribution in [0.4, 0.5) is 0 Å². The van der Waals surface area contributed by atoms with Gasteiger partial charge in [-0.1, -0.05) is 30.3 Å². The highest BCUT2D eigenvalue weighted by Gasteiger charge is 2.24. The van der Waals surface area contributed by atoms with Gasteiger partial charge in [0.25, 0.3) is 0 Å². The minimum Gasteiger partial charge on any atom is -0.496 e. The lowest BCUT2D eigenvalue weighted by Gasteiger charge is -2.25. The number of carboxylic acids is 1. The van der Waals surface area contributed by atoms with Gasteiger partial charge in [0.05, 0.1) is 26.5 Å². The van der Waals surface area contributed by atoms with Gasteiger partial charge >= 0.3 is 5.97 Å². The highest BCUT2D eigenvalue weighted by Crippen LogP contribution is 2.36. The molecular formula is C28H36N2O5. The van der Waals surface area contributed by atoms with E-state index in [4.69, 9.17) is 14.6 Å². The number of ether oxygens (including phenoxy) is 2. The third-order valence-corrected chi connectivity index (χ3v) is 6.41. The maximum atomic E-state index is 11.5. The molecule has 7 heteroatoms. The summed E-state index contributed by atoms with van der Waals surface area (Å²) in [5.41, 5.74) is 3.93. The number of aryl methyl sites for hydroxylation is 2. The minimum absolute atomic E-state index is 0.0809. The number of carbonyl (C=O) groups is 1. The first-order chi connectivity index (χ1) is 16.9. The topological polar surface area (TPSA) is 93.8 Å². The second-order valence-corrected chi connectivity index (χ2v) is 8.95. The highest BCUT2D eigenvalue weighted by atomic mass is 16.5. The molecule has 3 aromatic rings. The van der Waals surface area contributed by atoms with E-state index in [0.717, 1.165) is 36.0 Å². The molecular weight excluding hydrogens is 444 g/mol. The number of aliphatic hydroxyl groups excluding tert-OH is 1. The second kappa shape index (κ2) is 13.0. The third kappa shape index (κ3) is 7.59. The fourth-order valence-corrected chi connectivity index (χ4v) is 4.43. The van der Waals surface area contributed by atoms with Gasteiger partial charge in [-0.3, -0.25) is 9.48 Å². The molecule has 0 spiro atoms. The summed E-state index contributed by atoms with van der Waals surface area (Å²) >= 11 is 0. The van der Waals surface area contributed by atoms with Gasteiger partial charge in [0, 0.05) is 30.6 Å². The molecule has 2 aromatic carbocycles. The van der Waals surface area contributed by atoms with Crippen LogP contribution in [0.5, 0.6) is 11.5 Å². The lowest BCUT2D eigenvalue weighted by atomic mass is 9.89. The number of aliphatic carboxylic acids is 1. The van der Waals surface area contributed by atoms with E-state index in [-0.39, 0.29) is 12.3 Å². The zero-order valence-electron chi connectivity index (χ0n) is 20.8. The van der Waals surface area contributed by atoms with Crippen LogP contribution >= 0.6 is 0 Å². The molecule has 0 amide bonds. The molecule has 0 fully saturated rings. The van der Waals surface area contributed by atoms with Crippen molar-refractivity contribution in [1.29, 1.82) is 0 Å². The second-order valence-electron chi connectivity index (χ2n) is 8.95. The predicted molar refractivity (Wildman–Crippen MR) is 135 cm³/mol. The third-order valence-electron chi connectivity index (χ3n) is 6.41. The Balaban J connectivity index is 1.77. The molecule has 3 rings (SSSR count). The van der Waals surface area contributed by atoms with Crippen LogP contribution in [0.1, 0.15) is 54.0 Å². The van der Waals surface area contributed by atoms with Crippen molar-refractivity contribution in [2.24, 2.45) is 5.92 Å². The van der Waals surface area contributed by atoms with Crippen LogP contribution in [-0.2, 0) is 24.2 Å². The number of methoxy groups -OCH3 is 2. The quantitative estimate of drug-likeness (QED) is 0.338. The summed E-state index contributed by atoms with van der Waals surface area (Å²) in [6.45, 7) is 2.48. The lowest BCUT2D eigenvalue weighted by Crippen LogP contribution is -2.20. The van der Waals surface area contributed by atoms with Crippen LogP contribution in [-0.4, -0.2) is 40.2 Å². The molecule has 0 saturated heterocycles. The first-order valence-corrected chi connectivity index (χ1v) is 12.1. The zero-order chi connectivity index (χ0) is 25.2. The summed E-state index contributed by atoms with van der Waals surface area (Å²) in [5, 5.41) is 24.8. The Morgan fingerprint density at radius 2 is 1.69 bits per heavy atom. The Morgan fingerprint density at radius 1 is 1.03 bits per heavy atom. The Kier molecular flexibility index (Phi) is 9.73. The predicted octanol–water partition coefficient (Wildman–Crippen LogP) is 4.99. The lowest BCUT2D eigenvalue weighted by molar-refractivity contribution is -0.137. The van der Waals surface area contributed by atoms with Gasteiger partial charge in [-0.15, -0.1) is 0 Å². The summed E-state index contributed by atoms with van der Waals surface area (Å²) < 4.78 is 12.9. The monoisotopic (exact) mass is 480 g/mol. The van der Waals surface area contributed by atoms with E-state index >= 15 is 0 Å². The molecule has 1 heterocycles. The average molecular weight is 481 g/mol. The molecule has 0 aliphatic heterocycles. The Morgan fingerprint density at radius 3 is 2.31 bits per heavy atom. The van der Waals surface area contributed by atoms with Crippen LogP contribution in [0.3, 0.4) is 0 Å². The van der Waals surface area contributed by atoms with Crippen molar-refractivity contribution in [2.45, 2.75) is 58.1 Å². The van der Waals surface area contributed by atoms with Crippen molar-refractivity contribution < 1.29 is 24.5 Å². The number of carboxylic acid groups (broad SMARTS) is 1. The number of benzene rings is 2. The van der Waals surface area contributed by atoms with E-state index in [1.807, 2.05) is 48.1 Å². The smallest absolute Gasteiger partial charge is 0.303 e. The van der Waals surface area contributed by atoms with E-state index in [1.54, 1.807) is 20.4 Å². The zero-order valence-corrected chi connectivity index (χ0v) is 20.8. The van der Waals surface area contributed by atoms with Crippen LogP contribution < -0.4 is 9.47 Å². The van der Waals surface area contributed by atoms with E-state index in [2.05, 4.69) is 17.2 Å². The average Bonchev–Trinajstić information content (AvgIpc) is 3.30. The number of rotatable bonds is 14. The molecule has 2 atom stereocenters. The molecule has 0 aliphatic rings. The molecule has 0 bridgehead atoms. The summed E-state index contributed by atoms with van der Waals surface area (Å²) in [5.74, 6) is 0.494. The molecule has 188 valence electrons. The van der Waals surface area contributed by atoms with Crippen LogP contribution in [0.15, 0.2) is 54.9 Å². The van der Waals surface area contributed by atoms with E-state index < -0.39 is 12.1 Å². The van der Waals surface area contributed by atoms with Crippen LogP contribution in [0.2, 0.25) is 0 Å². The van der Waals surface area contributed by atoms with Gasteiger partial charge in [0.15, 0.2) is 0 Å². The van der Waals surface area contributed by atoms with Crippen LogP contribution in [0.25, 0.3) is 0 Å². The summed E-state index contributed by atoms with van der Waals surface area (Å²) in [4.78, 5) is 10.8. The van der Waals surface area contributed by atoms with Gasteiger partial charge in [0.1, 0.15) is 11.5 Å². The summed E-state index contributed by atoms with van der Waals surface area (Å²) in [7, 11) is 3.23. The molecule has 35 heavy (non-hydrogen) atoms. The fraction of sp³-hybridized carbons (Fsp3) is 0.429. The first-order valence-electron chi connectivity index (χ1n) is 12.1. The summed E-state index contributed by atoms with van der Waals surface area (Å²) in [6.07, 6.45) is 7.07. The van der Waals surface area contributed by atoms with Crippen molar-refractivity contribution in [3.63, 3.8) is 0 Å². The Labute approximate surface area is 207 Å². The van der Waals surface area contributed by atoms with Crippen molar-refractivity contribution in [2.75, 3.05) is 14.2 Å². The highest BCUT2D eigenvalue weighted by molar-refractivity contribution is 5.66. The van der Waals surface area contributed by atoms with Gasteiger partial charge < -0.3 is 19.7 Å². The van der Waals surface area contributed by atoms with Crippen LogP contribution in [0, 0.1) is 12.8 Å². The van der Waals surface area contributed by atoms with Crippen molar-refractivity contribution in [3.8, 4) is 11.5 Å². The van der Waals surface area contributed by atoms with Crippen molar-refractivity contribution in [1.82, 2.24) is 9.78 Å². The minimum atomic E-state index is -0.789. The van der Waals surface area contributed by atoms with Gasteiger partial charge in [-0.2, -0.15) is 5.10 Å². The number of hydrogen-bond acceptors (Lipinski definition) is 5. The van der Waals surface area contributed by atoms with E-state index in [0.29, 0.717) is 30.9 Å². The molecule has 1 aromatic heterocycles. The molecule has 0 aliphatic carbocycles. The molecule has 0 unspecified atom stereocenters. The number of aromatic nitrogens is 2. The van der Waals surface area contributed by atoms with Gasteiger partial charge in [0.2, 0.25) is 0 Å². The molecule has 0 radical (unpaired) electrons. The standard InChI is InChI=1S/C28H36N2O5/c1-20-25(34-2)15-24(16-26(20)35-3)28(33)23(13-7-11-21-9-5-4-6-10-21)19-30-18-22(17-29-30)12-8-14-27(31)32/h4-6,9-10,15-18,23,28,33H,7-8,11-14,19H2,1-3H3,(H,31,32)/t23-,28-/m0/s1. The number of nitrogens with zero attached hydrogens (tertiary/aromatic N) is 2. The maximum absolute atomic E-state index is 11.5. The Hall–Kier alpha value is -3.32. The molecule has 2 N–H and O–H groups in total. The normalized spacial score (nSPS) is 12.8. The van der Waals surface area contributed by atoms with Crippen molar-refractivity contribution in [3.05, 3.63) is 77.1 Å². The first kappa shape index (κ1) is 26.3. The van der Waals surface area contributed by atoms with Crippen molar-refractivity contribution >= 4 is 5.97 Å². The SMILES string of the molecule is COc1cc([C@@H](O)[C@@H](CCCc2ccccc2)Cn2cc(CCCC(=O)O)cn2)cc(OC)c1C. The van der Waals surface area contributed by atoms with Gasteiger partial charge in [-0.25, -0.2) is 0 Å². The summed E-state index contributed by atoms with van der Waals surface area (Å²) in [6, 6.07) is 14.1. The molecule has 0 saturated carbocycles. The largest absolute Gasteiger partial charge is 0.496 e. The fourth-order valence-electron chi connectivity index (χ4n) is 4.43. The number of aliphatic hydroxyl groups is 1. The maximum Gasteiger partial charge on any atom is 0.303 e. The van der Waals surface area contributed by atoms with Gasteiger partial charge in [-0.05, 0) is 67.9 Å².